The lowest BCUT2D eigenvalue weighted by Gasteiger charge is -2.38. The van der Waals surface area contributed by atoms with Crippen molar-refractivity contribution in [2.75, 3.05) is 19.8 Å². The third-order valence-corrected chi connectivity index (χ3v) is 5.45. The van der Waals surface area contributed by atoms with Crippen LogP contribution >= 0.6 is 0 Å². The smallest absolute Gasteiger partial charge is 0.258 e. The van der Waals surface area contributed by atoms with Crippen LogP contribution in [0.3, 0.4) is 0 Å². The summed E-state index contributed by atoms with van der Waals surface area (Å²) in [5.41, 5.74) is 4.17. The van der Waals surface area contributed by atoms with Crippen LogP contribution in [0.4, 0.5) is 0 Å². The highest BCUT2D eigenvalue weighted by molar-refractivity contribution is 5.98. The van der Waals surface area contributed by atoms with E-state index in [0.29, 0.717) is 36.8 Å². The number of amides is 1. The van der Waals surface area contributed by atoms with Crippen molar-refractivity contribution in [3.63, 3.8) is 0 Å². The van der Waals surface area contributed by atoms with Crippen LogP contribution in [0.5, 0.6) is 11.5 Å². The van der Waals surface area contributed by atoms with Crippen molar-refractivity contribution < 1.29 is 14.3 Å². The average Bonchev–Trinajstić information content (AvgIpc) is 2.79. The van der Waals surface area contributed by atoms with Gasteiger partial charge in [-0.25, -0.2) is 0 Å². The summed E-state index contributed by atoms with van der Waals surface area (Å²) < 4.78 is 11.4. The normalized spacial score (nSPS) is 15.4. The maximum Gasteiger partial charge on any atom is 0.258 e. The van der Waals surface area contributed by atoms with E-state index in [1.165, 1.54) is 11.1 Å². The second-order valence-electron chi connectivity index (χ2n) is 7.28. The third-order valence-electron chi connectivity index (χ3n) is 5.45. The molecule has 1 aliphatic rings. The summed E-state index contributed by atoms with van der Waals surface area (Å²) in [7, 11) is 0. The highest BCUT2D eigenvalue weighted by Gasteiger charge is 2.33. The Morgan fingerprint density at radius 2 is 1.67 bits per heavy atom. The van der Waals surface area contributed by atoms with Crippen LogP contribution in [-0.4, -0.2) is 30.6 Å². The molecule has 0 fully saturated rings. The maximum atomic E-state index is 13.8. The molecule has 1 heterocycles. The maximum absolute atomic E-state index is 13.8. The van der Waals surface area contributed by atoms with Crippen molar-refractivity contribution in [2.24, 2.45) is 0 Å². The van der Waals surface area contributed by atoms with Crippen LogP contribution in [0.2, 0.25) is 0 Å². The topological polar surface area (TPSA) is 38.8 Å². The van der Waals surface area contributed by atoms with E-state index in [4.69, 9.17) is 9.47 Å². The second kappa shape index (κ2) is 9.04. The number of fused-ring (bicyclic) bond motifs is 1. The van der Waals surface area contributed by atoms with E-state index in [2.05, 4.69) is 30.3 Å². The summed E-state index contributed by atoms with van der Waals surface area (Å²) >= 11 is 0. The Kier molecular flexibility index (Phi) is 6.03. The summed E-state index contributed by atoms with van der Waals surface area (Å²) in [5, 5.41) is 0. The molecule has 1 aliphatic heterocycles. The molecule has 1 amide bonds. The molecule has 154 valence electrons. The summed E-state index contributed by atoms with van der Waals surface area (Å²) in [6.07, 6.45) is 0.840. The Labute approximate surface area is 178 Å². The minimum absolute atomic E-state index is 0.0233. The standard InChI is InChI=1S/C26H27NO3/c1-3-29-21-14-15-23(24(18-21)30-4-2)26(28)27-17-16-19-10-8-9-13-22(19)25(27)20-11-6-5-7-12-20/h5-15,18,25H,3-4,16-17H2,1-2H3. The van der Waals surface area contributed by atoms with Crippen molar-refractivity contribution in [3.05, 3.63) is 95.1 Å². The molecule has 0 saturated heterocycles. The SMILES string of the molecule is CCOc1ccc(C(=O)N2CCc3ccccc3C2c2ccccc2)c(OCC)c1. The van der Waals surface area contributed by atoms with Gasteiger partial charge in [-0.2, -0.15) is 0 Å². The molecule has 30 heavy (non-hydrogen) atoms. The van der Waals surface area contributed by atoms with Gasteiger partial charge >= 0.3 is 0 Å². The molecule has 0 N–H and O–H groups in total. The van der Waals surface area contributed by atoms with Crippen LogP contribution in [0.1, 0.15) is 46.9 Å². The highest BCUT2D eigenvalue weighted by atomic mass is 16.5. The number of hydrogen-bond acceptors (Lipinski definition) is 3. The molecule has 3 aromatic rings. The number of nitrogens with zero attached hydrogens (tertiary/aromatic N) is 1. The molecule has 4 nitrogen and oxygen atoms in total. The van der Waals surface area contributed by atoms with Crippen molar-refractivity contribution in [3.8, 4) is 11.5 Å². The largest absolute Gasteiger partial charge is 0.494 e. The van der Waals surface area contributed by atoms with Gasteiger partial charge in [0.15, 0.2) is 0 Å². The van der Waals surface area contributed by atoms with E-state index in [9.17, 15) is 4.79 Å². The Morgan fingerprint density at radius 1 is 0.933 bits per heavy atom. The molecule has 0 radical (unpaired) electrons. The van der Waals surface area contributed by atoms with Gasteiger partial charge < -0.3 is 14.4 Å². The fourth-order valence-corrected chi connectivity index (χ4v) is 4.15. The minimum Gasteiger partial charge on any atom is -0.494 e. The number of ether oxygens (including phenoxy) is 2. The zero-order valence-electron chi connectivity index (χ0n) is 17.5. The quantitative estimate of drug-likeness (QED) is 0.565. The van der Waals surface area contributed by atoms with Gasteiger partial charge in [0.2, 0.25) is 0 Å². The number of hydrogen-bond donors (Lipinski definition) is 0. The zero-order chi connectivity index (χ0) is 20.9. The van der Waals surface area contributed by atoms with Gasteiger partial charge in [-0.3, -0.25) is 4.79 Å². The fraction of sp³-hybridized carbons (Fsp3) is 0.269. The molecule has 0 saturated carbocycles. The fourth-order valence-electron chi connectivity index (χ4n) is 4.15. The van der Waals surface area contributed by atoms with E-state index < -0.39 is 0 Å². The van der Waals surface area contributed by atoms with E-state index in [-0.39, 0.29) is 11.9 Å². The lowest BCUT2D eigenvalue weighted by molar-refractivity contribution is 0.0690. The third kappa shape index (κ3) is 3.90. The first-order valence-electron chi connectivity index (χ1n) is 10.6. The van der Waals surface area contributed by atoms with Crippen LogP contribution in [0, 0.1) is 0 Å². The lowest BCUT2D eigenvalue weighted by Crippen LogP contribution is -2.40. The Bertz CT molecular complexity index is 1020. The molecule has 4 heteroatoms. The number of carbonyl (C=O) groups excluding carboxylic acids is 1. The van der Waals surface area contributed by atoms with Gasteiger partial charge in [-0.05, 0) is 49.1 Å². The van der Waals surface area contributed by atoms with Gasteiger partial charge in [-0.1, -0.05) is 54.6 Å². The molecule has 1 atom stereocenters. The first-order chi connectivity index (χ1) is 14.7. The molecule has 0 bridgehead atoms. The molecular weight excluding hydrogens is 374 g/mol. The van der Waals surface area contributed by atoms with E-state index >= 15 is 0 Å². The van der Waals surface area contributed by atoms with Crippen molar-refractivity contribution in [2.45, 2.75) is 26.3 Å². The van der Waals surface area contributed by atoms with E-state index in [1.807, 2.05) is 61.2 Å². The molecule has 1 unspecified atom stereocenters. The van der Waals surface area contributed by atoms with Gasteiger partial charge in [0.25, 0.3) is 5.91 Å². The Hall–Kier alpha value is -3.27. The average molecular weight is 402 g/mol. The minimum atomic E-state index is -0.121. The molecule has 0 aliphatic carbocycles. The highest BCUT2D eigenvalue weighted by Crippen LogP contribution is 2.37. The zero-order valence-corrected chi connectivity index (χ0v) is 17.5. The van der Waals surface area contributed by atoms with E-state index in [1.54, 1.807) is 0 Å². The van der Waals surface area contributed by atoms with Gasteiger partial charge in [0.05, 0.1) is 24.8 Å². The number of carbonyl (C=O) groups is 1. The molecule has 0 spiro atoms. The predicted octanol–water partition coefficient (Wildman–Crippen LogP) is 5.27. The van der Waals surface area contributed by atoms with Crippen molar-refractivity contribution in [1.29, 1.82) is 0 Å². The predicted molar refractivity (Wildman–Crippen MR) is 118 cm³/mol. The first-order valence-corrected chi connectivity index (χ1v) is 10.6. The first kappa shape index (κ1) is 20.0. The monoisotopic (exact) mass is 401 g/mol. The Morgan fingerprint density at radius 3 is 2.43 bits per heavy atom. The van der Waals surface area contributed by atoms with Gasteiger partial charge in [0, 0.05) is 12.6 Å². The van der Waals surface area contributed by atoms with Crippen LogP contribution in [0.25, 0.3) is 0 Å². The number of rotatable bonds is 6. The van der Waals surface area contributed by atoms with Crippen LogP contribution < -0.4 is 9.47 Å². The summed E-state index contributed by atoms with van der Waals surface area (Å²) in [6.45, 7) is 5.58. The number of benzene rings is 3. The summed E-state index contributed by atoms with van der Waals surface area (Å²) in [6, 6.07) is 24.0. The summed E-state index contributed by atoms with van der Waals surface area (Å²) in [5.74, 6) is 1.25. The molecule has 0 aromatic heterocycles. The van der Waals surface area contributed by atoms with Crippen molar-refractivity contribution >= 4 is 5.91 Å². The van der Waals surface area contributed by atoms with Crippen LogP contribution in [-0.2, 0) is 6.42 Å². The molecule has 3 aromatic carbocycles. The van der Waals surface area contributed by atoms with Crippen molar-refractivity contribution in [1.82, 2.24) is 4.90 Å². The van der Waals surface area contributed by atoms with Crippen LogP contribution in [0.15, 0.2) is 72.8 Å². The second-order valence-corrected chi connectivity index (χ2v) is 7.28. The van der Waals surface area contributed by atoms with Gasteiger partial charge in [-0.15, -0.1) is 0 Å². The summed E-state index contributed by atoms with van der Waals surface area (Å²) in [4.78, 5) is 15.7. The molecule has 4 rings (SSSR count). The Balaban J connectivity index is 1.76. The van der Waals surface area contributed by atoms with Gasteiger partial charge in [0.1, 0.15) is 11.5 Å². The lowest BCUT2D eigenvalue weighted by atomic mass is 9.87. The molecular formula is C26H27NO3. The van der Waals surface area contributed by atoms with E-state index in [0.717, 1.165) is 12.0 Å².